The second-order valence-electron chi connectivity index (χ2n) is 11.7. The number of nitrogens with one attached hydrogen (secondary N) is 1. The van der Waals surface area contributed by atoms with E-state index in [0.717, 1.165) is 55.5 Å². The topological polar surface area (TPSA) is 49.0 Å². The van der Waals surface area contributed by atoms with Gasteiger partial charge in [0, 0.05) is 24.4 Å². The molecule has 0 bridgehead atoms. The highest BCUT2D eigenvalue weighted by molar-refractivity contribution is 5.82. The van der Waals surface area contributed by atoms with Crippen molar-refractivity contribution in [1.82, 2.24) is 5.32 Å². The van der Waals surface area contributed by atoms with Gasteiger partial charge in [-0.15, -0.1) is 0 Å². The lowest BCUT2D eigenvalue weighted by Gasteiger charge is -2.32. The molecule has 1 aliphatic heterocycles. The molecule has 0 aromatic heterocycles. The predicted octanol–water partition coefficient (Wildman–Crippen LogP) is 7.67. The van der Waals surface area contributed by atoms with Crippen LogP contribution < -0.4 is 14.8 Å². The van der Waals surface area contributed by atoms with Crippen LogP contribution in [0.1, 0.15) is 54.7 Å². The number of benzene rings is 4. The second kappa shape index (κ2) is 14.7. The summed E-state index contributed by atoms with van der Waals surface area (Å²) in [6, 6.07) is 31.9. The number of para-hydroxylation sites is 1. The number of piperidine rings is 1. The van der Waals surface area contributed by atoms with Gasteiger partial charge in [-0.1, -0.05) is 73.2 Å². The van der Waals surface area contributed by atoms with Crippen molar-refractivity contribution in [1.29, 1.82) is 0 Å². The van der Waals surface area contributed by atoms with Crippen LogP contribution in [0.2, 0.25) is 0 Å². The minimum absolute atomic E-state index is 0.142. The third-order valence-corrected chi connectivity index (χ3v) is 8.64. The van der Waals surface area contributed by atoms with Crippen molar-refractivity contribution in [2.45, 2.75) is 57.3 Å². The van der Waals surface area contributed by atoms with Gasteiger partial charge in [0.25, 0.3) is 0 Å². The van der Waals surface area contributed by atoms with Gasteiger partial charge in [-0.3, -0.25) is 0 Å². The normalized spacial score (nSPS) is 19.0. The van der Waals surface area contributed by atoms with Crippen molar-refractivity contribution in [3.8, 4) is 11.5 Å². The summed E-state index contributed by atoms with van der Waals surface area (Å²) in [5.41, 5.74) is 3.65. The van der Waals surface area contributed by atoms with E-state index >= 15 is 0 Å². The Kier molecular flexibility index (Phi) is 10.0. The molecule has 0 spiro atoms. The fourth-order valence-corrected chi connectivity index (χ4v) is 5.89. The van der Waals surface area contributed by atoms with Crippen LogP contribution in [0, 0.1) is 5.92 Å². The van der Waals surface area contributed by atoms with Gasteiger partial charge >= 0.3 is 0 Å². The molecule has 1 saturated carbocycles. The third-order valence-electron chi connectivity index (χ3n) is 8.64. The summed E-state index contributed by atoms with van der Waals surface area (Å²) < 4.78 is 24.5. The van der Waals surface area contributed by atoms with E-state index in [4.69, 9.17) is 18.9 Å². The largest absolute Gasteiger partial charge is 0.494 e. The lowest BCUT2D eigenvalue weighted by Crippen LogP contribution is -2.40. The molecule has 2 atom stereocenters. The van der Waals surface area contributed by atoms with E-state index in [1.807, 2.05) is 18.2 Å². The van der Waals surface area contributed by atoms with Gasteiger partial charge in [0.15, 0.2) is 0 Å². The van der Waals surface area contributed by atoms with E-state index in [2.05, 4.69) is 78.1 Å². The quantitative estimate of drug-likeness (QED) is 0.159. The first-order valence-electron chi connectivity index (χ1n) is 15.6. The van der Waals surface area contributed by atoms with Gasteiger partial charge in [-0.25, -0.2) is 0 Å². The van der Waals surface area contributed by atoms with E-state index in [9.17, 15) is 0 Å². The minimum atomic E-state index is 0.142. The maximum absolute atomic E-state index is 6.47. The number of hydrogen-bond acceptors (Lipinski definition) is 5. The fraction of sp³-hybridized carbons (Fsp3) is 0.405. The SMILES string of the molecule is c1ccc(OCC2CCC2)c(COCCCOc2ccc(C3CCNCC3OCc3ccc4ccccc4c3)cc2)c1. The molecule has 1 N–H and O–H groups in total. The van der Waals surface area contributed by atoms with Gasteiger partial charge in [-0.05, 0) is 77.9 Å². The van der Waals surface area contributed by atoms with Crippen LogP contribution in [0.15, 0.2) is 91.0 Å². The maximum Gasteiger partial charge on any atom is 0.124 e. The Morgan fingerprint density at radius 1 is 0.738 bits per heavy atom. The van der Waals surface area contributed by atoms with E-state index in [-0.39, 0.29) is 6.10 Å². The Labute approximate surface area is 250 Å². The van der Waals surface area contributed by atoms with Crippen molar-refractivity contribution in [3.05, 3.63) is 108 Å². The first kappa shape index (κ1) is 28.7. The van der Waals surface area contributed by atoms with Crippen LogP contribution in [-0.2, 0) is 22.7 Å². The van der Waals surface area contributed by atoms with Crippen molar-refractivity contribution < 1.29 is 18.9 Å². The molecule has 220 valence electrons. The van der Waals surface area contributed by atoms with Crippen LogP contribution in [-0.4, -0.2) is 39.0 Å². The summed E-state index contributed by atoms with van der Waals surface area (Å²) >= 11 is 0. The number of rotatable bonds is 14. The van der Waals surface area contributed by atoms with Crippen molar-refractivity contribution >= 4 is 10.8 Å². The Bertz CT molecular complexity index is 1400. The van der Waals surface area contributed by atoms with Crippen LogP contribution in [0.3, 0.4) is 0 Å². The average Bonchev–Trinajstić information content (AvgIpc) is 3.02. The predicted molar refractivity (Wildman–Crippen MR) is 168 cm³/mol. The summed E-state index contributed by atoms with van der Waals surface area (Å²) in [5.74, 6) is 2.95. The second-order valence-corrected chi connectivity index (χ2v) is 11.7. The molecule has 42 heavy (non-hydrogen) atoms. The zero-order valence-corrected chi connectivity index (χ0v) is 24.5. The van der Waals surface area contributed by atoms with Gasteiger partial charge in [0.1, 0.15) is 11.5 Å². The molecule has 1 heterocycles. The number of ether oxygens (including phenoxy) is 4. The molecule has 5 nitrogen and oxygen atoms in total. The lowest BCUT2D eigenvalue weighted by atomic mass is 9.86. The highest BCUT2D eigenvalue weighted by Crippen LogP contribution is 2.31. The highest BCUT2D eigenvalue weighted by atomic mass is 16.5. The highest BCUT2D eigenvalue weighted by Gasteiger charge is 2.27. The van der Waals surface area contributed by atoms with Gasteiger partial charge in [0.05, 0.1) is 39.1 Å². The fourth-order valence-electron chi connectivity index (χ4n) is 5.89. The van der Waals surface area contributed by atoms with Crippen LogP contribution in [0.4, 0.5) is 0 Å². The van der Waals surface area contributed by atoms with Crippen LogP contribution >= 0.6 is 0 Å². The van der Waals surface area contributed by atoms with E-state index in [1.54, 1.807) is 0 Å². The molecule has 0 radical (unpaired) electrons. The molecular formula is C37H43NO4. The van der Waals surface area contributed by atoms with Crippen LogP contribution in [0.5, 0.6) is 11.5 Å². The van der Waals surface area contributed by atoms with Gasteiger partial charge in [-0.2, -0.15) is 0 Å². The molecule has 2 fully saturated rings. The standard InChI is InChI=1S/C37H43NO4/c1-2-10-32-23-29(13-14-30(32)9-1)26-42-37-24-38-20-19-35(37)31-15-17-34(18-16-31)40-22-6-21-39-27-33-11-3-4-12-36(33)41-25-28-7-5-8-28/h1-4,9-18,23,28,35,37-38H,5-8,19-22,24-27H2. The van der Waals surface area contributed by atoms with Crippen molar-refractivity contribution in [2.24, 2.45) is 5.92 Å². The molecular weight excluding hydrogens is 522 g/mol. The van der Waals surface area contributed by atoms with E-state index in [1.165, 1.54) is 41.2 Å². The lowest BCUT2D eigenvalue weighted by molar-refractivity contribution is 0.0106. The van der Waals surface area contributed by atoms with Crippen molar-refractivity contribution in [3.63, 3.8) is 0 Å². The summed E-state index contributed by atoms with van der Waals surface area (Å²) in [5, 5.41) is 6.04. The summed E-state index contributed by atoms with van der Waals surface area (Å²) in [7, 11) is 0. The summed E-state index contributed by atoms with van der Waals surface area (Å²) in [6.07, 6.45) is 5.97. The summed E-state index contributed by atoms with van der Waals surface area (Å²) in [4.78, 5) is 0. The molecule has 1 saturated heterocycles. The molecule has 6 rings (SSSR count). The first-order valence-corrected chi connectivity index (χ1v) is 15.6. The molecule has 4 aromatic rings. The van der Waals surface area contributed by atoms with Crippen LogP contribution in [0.25, 0.3) is 10.8 Å². The smallest absolute Gasteiger partial charge is 0.124 e. The Morgan fingerprint density at radius 2 is 1.57 bits per heavy atom. The minimum Gasteiger partial charge on any atom is -0.494 e. The first-order chi connectivity index (χ1) is 20.8. The molecule has 4 aromatic carbocycles. The number of fused-ring (bicyclic) bond motifs is 1. The Hall–Kier alpha value is -3.38. The van der Waals surface area contributed by atoms with Crippen molar-refractivity contribution in [2.75, 3.05) is 32.9 Å². The van der Waals surface area contributed by atoms with E-state index in [0.29, 0.717) is 32.3 Å². The molecule has 1 aliphatic carbocycles. The van der Waals surface area contributed by atoms with E-state index < -0.39 is 0 Å². The zero-order chi connectivity index (χ0) is 28.4. The average molecular weight is 566 g/mol. The van der Waals surface area contributed by atoms with Gasteiger partial charge in [0.2, 0.25) is 0 Å². The molecule has 2 aliphatic rings. The third kappa shape index (κ3) is 7.71. The molecule has 2 unspecified atom stereocenters. The Balaban J connectivity index is 0.929. The van der Waals surface area contributed by atoms with Gasteiger partial charge < -0.3 is 24.3 Å². The molecule has 0 amide bonds. The summed E-state index contributed by atoms with van der Waals surface area (Å²) in [6.45, 7) is 5.17. The molecule has 5 heteroatoms. The maximum atomic E-state index is 6.47. The monoisotopic (exact) mass is 565 g/mol. The number of hydrogen-bond donors (Lipinski definition) is 1. The zero-order valence-electron chi connectivity index (χ0n) is 24.5. The Morgan fingerprint density at radius 3 is 2.43 bits per heavy atom.